The molecule has 0 saturated carbocycles. The molecule has 110 valence electrons. The number of hydrogen-bond acceptors (Lipinski definition) is 3. The SMILES string of the molecule is Cc1cnc2c(c1)nc(C(C)Cl)n2C(C)c1ccc(Cl)s1. The van der Waals surface area contributed by atoms with E-state index in [1.165, 1.54) is 4.88 Å². The number of aromatic nitrogens is 3. The van der Waals surface area contributed by atoms with Gasteiger partial charge in [-0.3, -0.25) is 0 Å². The Balaban J connectivity index is 2.21. The topological polar surface area (TPSA) is 30.7 Å². The second-order valence-electron chi connectivity index (χ2n) is 5.13. The van der Waals surface area contributed by atoms with Crippen molar-refractivity contribution in [3.63, 3.8) is 0 Å². The zero-order valence-electron chi connectivity index (χ0n) is 12.0. The number of fused-ring (bicyclic) bond motifs is 1. The molecule has 0 amide bonds. The van der Waals surface area contributed by atoms with Gasteiger partial charge in [-0.15, -0.1) is 22.9 Å². The Hall–Kier alpha value is -1.10. The lowest BCUT2D eigenvalue weighted by molar-refractivity contribution is 0.623. The van der Waals surface area contributed by atoms with E-state index in [-0.39, 0.29) is 11.4 Å². The van der Waals surface area contributed by atoms with Crippen LogP contribution in [0.15, 0.2) is 24.4 Å². The molecule has 21 heavy (non-hydrogen) atoms. The fourth-order valence-electron chi connectivity index (χ4n) is 2.44. The molecule has 0 saturated heterocycles. The molecule has 2 atom stereocenters. The van der Waals surface area contributed by atoms with E-state index in [1.807, 2.05) is 38.2 Å². The lowest BCUT2D eigenvalue weighted by atomic mass is 10.2. The van der Waals surface area contributed by atoms with Gasteiger partial charge < -0.3 is 4.57 Å². The van der Waals surface area contributed by atoms with E-state index in [0.717, 1.165) is 26.9 Å². The summed E-state index contributed by atoms with van der Waals surface area (Å²) < 4.78 is 2.89. The maximum absolute atomic E-state index is 6.32. The number of aryl methyl sites for hydroxylation is 1. The molecule has 0 spiro atoms. The van der Waals surface area contributed by atoms with E-state index in [1.54, 1.807) is 11.3 Å². The van der Waals surface area contributed by atoms with Gasteiger partial charge in [-0.05, 0) is 44.5 Å². The fourth-order valence-corrected chi connectivity index (χ4v) is 3.70. The quantitative estimate of drug-likeness (QED) is 0.601. The molecule has 6 heteroatoms. The first-order valence-corrected chi connectivity index (χ1v) is 8.34. The molecule has 0 aliphatic carbocycles. The second-order valence-corrected chi connectivity index (χ2v) is 7.53. The first-order valence-electron chi connectivity index (χ1n) is 6.71. The Bertz CT molecular complexity index is 791. The van der Waals surface area contributed by atoms with Crippen molar-refractivity contribution in [1.82, 2.24) is 14.5 Å². The minimum Gasteiger partial charge on any atom is -0.303 e. The van der Waals surface area contributed by atoms with Crippen LogP contribution in [-0.2, 0) is 0 Å². The van der Waals surface area contributed by atoms with E-state index < -0.39 is 0 Å². The van der Waals surface area contributed by atoms with E-state index in [2.05, 4.69) is 21.5 Å². The third-order valence-electron chi connectivity index (χ3n) is 3.44. The smallest absolute Gasteiger partial charge is 0.160 e. The van der Waals surface area contributed by atoms with Gasteiger partial charge in [0.1, 0.15) is 11.3 Å². The molecular formula is C15H15Cl2N3S. The molecule has 0 bridgehead atoms. The van der Waals surface area contributed by atoms with Gasteiger partial charge >= 0.3 is 0 Å². The van der Waals surface area contributed by atoms with E-state index in [9.17, 15) is 0 Å². The summed E-state index contributed by atoms with van der Waals surface area (Å²) in [4.78, 5) is 10.4. The average molecular weight is 340 g/mol. The summed E-state index contributed by atoms with van der Waals surface area (Å²) in [6, 6.07) is 6.09. The van der Waals surface area contributed by atoms with Crippen molar-refractivity contribution in [2.75, 3.05) is 0 Å². The lowest BCUT2D eigenvalue weighted by Crippen LogP contribution is -2.10. The molecule has 0 aliphatic heterocycles. The van der Waals surface area contributed by atoms with E-state index >= 15 is 0 Å². The van der Waals surface area contributed by atoms with Crippen molar-refractivity contribution in [3.05, 3.63) is 45.0 Å². The number of nitrogens with zero attached hydrogens (tertiary/aromatic N) is 3. The molecule has 0 aliphatic rings. The number of halogens is 2. The summed E-state index contributed by atoms with van der Waals surface area (Å²) in [7, 11) is 0. The van der Waals surface area contributed by atoms with Crippen LogP contribution in [0.1, 0.15) is 41.5 Å². The summed E-state index contributed by atoms with van der Waals surface area (Å²) in [6.07, 6.45) is 1.86. The van der Waals surface area contributed by atoms with Crippen molar-refractivity contribution in [1.29, 1.82) is 0 Å². The van der Waals surface area contributed by atoms with Gasteiger partial charge in [0, 0.05) is 11.1 Å². The third kappa shape index (κ3) is 2.68. The zero-order chi connectivity index (χ0) is 15.1. The van der Waals surface area contributed by atoms with Crippen molar-refractivity contribution in [2.24, 2.45) is 0 Å². The predicted octanol–water partition coefficient (Wildman–Crippen LogP) is 5.36. The van der Waals surface area contributed by atoms with Crippen molar-refractivity contribution < 1.29 is 0 Å². The van der Waals surface area contributed by atoms with Crippen molar-refractivity contribution in [3.8, 4) is 0 Å². The molecule has 3 aromatic rings. The Morgan fingerprint density at radius 2 is 2.05 bits per heavy atom. The maximum atomic E-state index is 6.32. The first-order chi connectivity index (χ1) is 9.97. The fraction of sp³-hybridized carbons (Fsp3) is 0.333. The molecule has 3 nitrogen and oxygen atoms in total. The number of imidazole rings is 1. The molecule has 2 unspecified atom stereocenters. The summed E-state index contributed by atoms with van der Waals surface area (Å²) in [5, 5.41) is -0.183. The van der Waals surface area contributed by atoms with Gasteiger partial charge in [0.05, 0.1) is 15.8 Å². The summed E-state index contributed by atoms with van der Waals surface area (Å²) in [5.74, 6) is 0.835. The molecular weight excluding hydrogens is 325 g/mol. The van der Waals surface area contributed by atoms with Crippen molar-refractivity contribution >= 4 is 45.7 Å². The van der Waals surface area contributed by atoms with E-state index in [0.29, 0.717) is 0 Å². The van der Waals surface area contributed by atoms with Crippen LogP contribution in [0.25, 0.3) is 11.2 Å². The molecule has 0 fully saturated rings. The lowest BCUT2D eigenvalue weighted by Gasteiger charge is -2.16. The maximum Gasteiger partial charge on any atom is 0.160 e. The first kappa shape index (κ1) is 14.8. The Kier molecular flexibility index (Phi) is 3.95. The van der Waals surface area contributed by atoms with Crippen LogP contribution in [0.4, 0.5) is 0 Å². The molecule has 0 aromatic carbocycles. The van der Waals surface area contributed by atoms with Crippen LogP contribution in [-0.4, -0.2) is 14.5 Å². The van der Waals surface area contributed by atoms with Gasteiger partial charge in [0.2, 0.25) is 0 Å². The monoisotopic (exact) mass is 339 g/mol. The van der Waals surface area contributed by atoms with Crippen LogP contribution in [0.5, 0.6) is 0 Å². The van der Waals surface area contributed by atoms with Gasteiger partial charge in [-0.25, -0.2) is 9.97 Å². The molecule has 0 N–H and O–H groups in total. The Morgan fingerprint density at radius 1 is 1.29 bits per heavy atom. The van der Waals surface area contributed by atoms with Gasteiger partial charge in [-0.1, -0.05) is 11.6 Å². The number of pyridine rings is 1. The second kappa shape index (κ2) is 5.59. The highest BCUT2D eigenvalue weighted by Crippen LogP contribution is 2.34. The van der Waals surface area contributed by atoms with Crippen LogP contribution >= 0.6 is 34.5 Å². The van der Waals surface area contributed by atoms with E-state index in [4.69, 9.17) is 23.2 Å². The number of alkyl halides is 1. The molecule has 3 rings (SSSR count). The largest absolute Gasteiger partial charge is 0.303 e. The predicted molar refractivity (Wildman–Crippen MR) is 89.7 cm³/mol. The van der Waals surface area contributed by atoms with Crippen LogP contribution < -0.4 is 0 Å². The Morgan fingerprint density at radius 3 is 2.67 bits per heavy atom. The van der Waals surface area contributed by atoms with Crippen LogP contribution in [0.3, 0.4) is 0 Å². The third-order valence-corrected chi connectivity index (χ3v) is 5.04. The minimum atomic E-state index is -0.183. The highest BCUT2D eigenvalue weighted by atomic mass is 35.5. The van der Waals surface area contributed by atoms with Crippen molar-refractivity contribution in [2.45, 2.75) is 32.2 Å². The standard InChI is InChI=1S/C15H15Cl2N3S/c1-8-6-11-15(18-7-8)20(14(19-11)9(2)16)10(3)12-4-5-13(17)21-12/h4-7,9-10H,1-3H3. The summed E-state index contributed by atoms with van der Waals surface area (Å²) >= 11 is 14.0. The summed E-state index contributed by atoms with van der Waals surface area (Å²) in [6.45, 7) is 6.06. The molecule has 3 aromatic heterocycles. The Labute approximate surface area is 137 Å². The highest BCUT2D eigenvalue weighted by Gasteiger charge is 2.22. The number of hydrogen-bond donors (Lipinski definition) is 0. The van der Waals surface area contributed by atoms with Crippen LogP contribution in [0, 0.1) is 6.92 Å². The van der Waals surface area contributed by atoms with Gasteiger partial charge in [0.15, 0.2) is 5.65 Å². The summed E-state index contributed by atoms with van der Waals surface area (Å²) in [5.41, 5.74) is 2.83. The number of rotatable bonds is 3. The van der Waals surface area contributed by atoms with Gasteiger partial charge in [0.25, 0.3) is 0 Å². The van der Waals surface area contributed by atoms with Crippen LogP contribution in [0.2, 0.25) is 4.34 Å². The molecule has 0 radical (unpaired) electrons. The highest BCUT2D eigenvalue weighted by molar-refractivity contribution is 7.16. The zero-order valence-corrected chi connectivity index (χ0v) is 14.3. The van der Waals surface area contributed by atoms with Gasteiger partial charge in [-0.2, -0.15) is 0 Å². The normalized spacial score (nSPS) is 14.5. The number of thiophene rings is 1. The molecule has 3 heterocycles. The average Bonchev–Trinajstić information content (AvgIpc) is 3.01. The minimum absolute atomic E-state index is 0.0962.